The Morgan fingerprint density at radius 3 is 2.23 bits per heavy atom. The summed E-state index contributed by atoms with van der Waals surface area (Å²) in [5.41, 5.74) is 0.269. The number of hydrogen-bond donors (Lipinski definition) is 2. The predicted octanol–water partition coefficient (Wildman–Crippen LogP) is 2.22. The van der Waals surface area contributed by atoms with Gasteiger partial charge in [0, 0.05) is 35.1 Å². The summed E-state index contributed by atoms with van der Waals surface area (Å²) in [6.07, 6.45) is 1.18. The van der Waals surface area contributed by atoms with Crippen LogP contribution >= 0.6 is 11.6 Å². The van der Waals surface area contributed by atoms with Gasteiger partial charge in [0.05, 0.1) is 6.54 Å². The summed E-state index contributed by atoms with van der Waals surface area (Å²) >= 11 is 5.85. The number of hydrogen-bond acceptors (Lipinski definition) is 3. The highest BCUT2D eigenvalue weighted by Gasteiger charge is 2.28. The van der Waals surface area contributed by atoms with Gasteiger partial charge in [0.15, 0.2) is 0 Å². The smallest absolute Gasteiger partial charge is 0.253 e. The average Bonchev–Trinajstić information content (AvgIpc) is 2.58. The van der Waals surface area contributed by atoms with Crippen molar-refractivity contribution in [1.82, 2.24) is 15.5 Å². The van der Waals surface area contributed by atoms with Gasteiger partial charge >= 0.3 is 0 Å². The van der Waals surface area contributed by atoms with Crippen LogP contribution in [0.1, 0.15) is 44.0 Å². The Morgan fingerprint density at radius 1 is 1.12 bits per heavy atom. The van der Waals surface area contributed by atoms with E-state index in [1.54, 1.807) is 29.2 Å². The topological polar surface area (TPSA) is 78.5 Å². The Hall–Kier alpha value is -2.08. The molecule has 0 spiro atoms. The van der Waals surface area contributed by atoms with Crippen LogP contribution in [-0.2, 0) is 9.59 Å². The number of likely N-dealkylation sites (tertiary alicyclic amines) is 1. The van der Waals surface area contributed by atoms with Gasteiger partial charge in [0.2, 0.25) is 11.8 Å². The monoisotopic (exact) mass is 379 g/mol. The minimum atomic E-state index is -0.324. The minimum absolute atomic E-state index is 0.0278. The molecule has 7 heteroatoms. The maximum atomic E-state index is 12.5. The van der Waals surface area contributed by atoms with Crippen molar-refractivity contribution >= 4 is 29.3 Å². The molecule has 2 N–H and O–H groups in total. The third-order valence-corrected chi connectivity index (χ3v) is 4.43. The second kappa shape index (κ2) is 8.54. The summed E-state index contributed by atoms with van der Waals surface area (Å²) in [5.74, 6) is -0.564. The van der Waals surface area contributed by atoms with Crippen molar-refractivity contribution in [2.24, 2.45) is 5.92 Å². The van der Waals surface area contributed by atoms with Gasteiger partial charge in [-0.05, 0) is 57.9 Å². The molecular weight excluding hydrogens is 354 g/mol. The number of rotatable bonds is 4. The fourth-order valence-corrected chi connectivity index (χ4v) is 3.02. The number of carbonyl (C=O) groups excluding carboxylic acids is 3. The molecule has 142 valence electrons. The molecule has 1 aromatic carbocycles. The zero-order valence-corrected chi connectivity index (χ0v) is 16.2. The van der Waals surface area contributed by atoms with Crippen LogP contribution in [0.5, 0.6) is 0 Å². The van der Waals surface area contributed by atoms with Crippen LogP contribution < -0.4 is 10.6 Å². The van der Waals surface area contributed by atoms with Gasteiger partial charge in [0.1, 0.15) is 0 Å². The lowest BCUT2D eigenvalue weighted by atomic mass is 9.95. The highest BCUT2D eigenvalue weighted by molar-refractivity contribution is 6.30. The first kappa shape index (κ1) is 20.2. The largest absolute Gasteiger partial charge is 0.350 e. The van der Waals surface area contributed by atoms with Crippen LogP contribution in [0.2, 0.25) is 5.02 Å². The Morgan fingerprint density at radius 2 is 1.69 bits per heavy atom. The summed E-state index contributed by atoms with van der Waals surface area (Å²) in [6, 6.07) is 6.80. The van der Waals surface area contributed by atoms with Gasteiger partial charge in [-0.3, -0.25) is 14.4 Å². The highest BCUT2D eigenvalue weighted by atomic mass is 35.5. The lowest BCUT2D eigenvalue weighted by Crippen LogP contribution is -2.48. The van der Waals surface area contributed by atoms with Crippen LogP contribution in [0, 0.1) is 5.92 Å². The maximum absolute atomic E-state index is 12.5. The van der Waals surface area contributed by atoms with Gasteiger partial charge < -0.3 is 15.5 Å². The molecule has 0 bridgehead atoms. The molecule has 3 amide bonds. The van der Waals surface area contributed by atoms with Crippen molar-refractivity contribution in [3.63, 3.8) is 0 Å². The number of amides is 3. The van der Waals surface area contributed by atoms with Gasteiger partial charge in [-0.2, -0.15) is 0 Å². The first-order valence-electron chi connectivity index (χ1n) is 8.79. The number of benzene rings is 1. The molecule has 0 saturated carbocycles. The summed E-state index contributed by atoms with van der Waals surface area (Å²) in [6.45, 7) is 6.68. The molecule has 6 nitrogen and oxygen atoms in total. The molecule has 0 radical (unpaired) electrons. The van der Waals surface area contributed by atoms with Crippen LogP contribution in [0.4, 0.5) is 0 Å². The zero-order valence-electron chi connectivity index (χ0n) is 15.5. The number of carbonyl (C=O) groups is 3. The molecule has 2 rings (SSSR count). The van der Waals surface area contributed by atoms with Gasteiger partial charge in [-0.15, -0.1) is 0 Å². The number of nitrogens with one attached hydrogen (secondary N) is 2. The number of nitrogens with zero attached hydrogens (tertiary/aromatic N) is 1. The fourth-order valence-electron chi connectivity index (χ4n) is 2.89. The third kappa shape index (κ3) is 6.02. The van der Waals surface area contributed by atoms with E-state index < -0.39 is 0 Å². The summed E-state index contributed by atoms with van der Waals surface area (Å²) < 4.78 is 0. The van der Waals surface area contributed by atoms with Crippen LogP contribution in [0.15, 0.2) is 24.3 Å². The van der Waals surface area contributed by atoms with E-state index in [2.05, 4.69) is 10.6 Å². The fraction of sp³-hybridized carbons (Fsp3) is 0.526. The van der Waals surface area contributed by atoms with Crippen LogP contribution in [-0.4, -0.2) is 47.8 Å². The van der Waals surface area contributed by atoms with Crippen LogP contribution in [0.25, 0.3) is 0 Å². The maximum Gasteiger partial charge on any atom is 0.253 e. The van der Waals surface area contributed by atoms with Crippen LogP contribution in [0.3, 0.4) is 0 Å². The lowest BCUT2D eigenvalue weighted by Gasteiger charge is -2.31. The molecule has 0 aliphatic carbocycles. The number of piperidine rings is 1. The summed E-state index contributed by atoms with van der Waals surface area (Å²) in [7, 11) is 0. The van der Waals surface area contributed by atoms with E-state index in [0.29, 0.717) is 36.5 Å². The third-order valence-electron chi connectivity index (χ3n) is 4.18. The normalized spacial score (nSPS) is 15.5. The molecule has 1 aliphatic rings. The molecule has 1 aliphatic heterocycles. The predicted molar refractivity (Wildman–Crippen MR) is 101 cm³/mol. The second-order valence-corrected chi connectivity index (χ2v) is 8.03. The zero-order chi connectivity index (χ0) is 19.3. The average molecular weight is 380 g/mol. The van der Waals surface area contributed by atoms with E-state index in [1.165, 1.54) is 0 Å². The Labute approximate surface area is 159 Å². The molecule has 0 aromatic heterocycles. The van der Waals surface area contributed by atoms with E-state index in [9.17, 15) is 14.4 Å². The minimum Gasteiger partial charge on any atom is -0.350 e. The van der Waals surface area contributed by atoms with E-state index in [4.69, 9.17) is 11.6 Å². The van der Waals surface area contributed by atoms with Crippen molar-refractivity contribution in [2.45, 2.75) is 39.2 Å². The van der Waals surface area contributed by atoms with E-state index in [1.807, 2.05) is 20.8 Å². The number of halogens is 1. The molecule has 1 fully saturated rings. The Kier molecular flexibility index (Phi) is 6.64. The molecule has 26 heavy (non-hydrogen) atoms. The second-order valence-electron chi connectivity index (χ2n) is 7.59. The highest BCUT2D eigenvalue weighted by Crippen LogP contribution is 2.20. The van der Waals surface area contributed by atoms with Crippen molar-refractivity contribution in [3.05, 3.63) is 34.9 Å². The SMILES string of the molecule is CC(C)(C)NC(=O)CNC(=O)C1CCN(C(=O)c2ccc(Cl)cc2)CC1. The molecular formula is C19H26ClN3O3. The molecule has 1 heterocycles. The lowest BCUT2D eigenvalue weighted by molar-refractivity contribution is -0.130. The quantitative estimate of drug-likeness (QED) is 0.841. The summed E-state index contributed by atoms with van der Waals surface area (Å²) in [5, 5.41) is 6.08. The van der Waals surface area contributed by atoms with Crippen molar-refractivity contribution in [2.75, 3.05) is 19.6 Å². The van der Waals surface area contributed by atoms with E-state index >= 15 is 0 Å². The molecule has 0 atom stereocenters. The van der Waals surface area contributed by atoms with E-state index in [-0.39, 0.29) is 35.7 Å². The first-order chi connectivity index (χ1) is 12.2. The molecule has 1 aromatic rings. The molecule has 0 unspecified atom stereocenters. The van der Waals surface area contributed by atoms with Crippen molar-refractivity contribution in [1.29, 1.82) is 0 Å². The Bertz CT molecular complexity index is 660. The van der Waals surface area contributed by atoms with E-state index in [0.717, 1.165) is 0 Å². The molecule has 1 saturated heterocycles. The summed E-state index contributed by atoms with van der Waals surface area (Å²) in [4.78, 5) is 38.2. The van der Waals surface area contributed by atoms with Gasteiger partial charge in [-0.1, -0.05) is 11.6 Å². The Balaban J connectivity index is 1.78. The first-order valence-corrected chi connectivity index (χ1v) is 9.17. The standard InChI is InChI=1S/C19H26ClN3O3/c1-19(2,3)22-16(24)12-21-17(25)13-8-10-23(11-9-13)18(26)14-4-6-15(20)7-5-14/h4-7,13H,8-12H2,1-3H3,(H,21,25)(H,22,24). The van der Waals surface area contributed by atoms with Gasteiger partial charge in [-0.25, -0.2) is 0 Å². The van der Waals surface area contributed by atoms with Crippen molar-refractivity contribution in [3.8, 4) is 0 Å². The van der Waals surface area contributed by atoms with Gasteiger partial charge in [0.25, 0.3) is 5.91 Å². The van der Waals surface area contributed by atoms with Crippen molar-refractivity contribution < 1.29 is 14.4 Å².